The Hall–Kier alpha value is -0.0100. The van der Waals surface area contributed by atoms with Crippen molar-refractivity contribution < 1.29 is 4.74 Å². The monoisotopic (exact) mass is 134 g/mol. The summed E-state index contributed by atoms with van der Waals surface area (Å²) in [5.74, 6) is 0. The molecule has 0 aromatic heterocycles. The Balaban J connectivity index is 0.000000145. The van der Waals surface area contributed by atoms with Gasteiger partial charge in [-0.2, -0.15) is 0 Å². The van der Waals surface area contributed by atoms with Gasteiger partial charge < -0.3 is 4.74 Å². The molecule has 0 aliphatic carbocycles. The van der Waals surface area contributed by atoms with Crippen LogP contribution in [0.3, 0.4) is 0 Å². The molecule has 1 rings (SSSR count). The molecule has 2 heteroatoms. The molecular formula is C6H11ClO. The molecule has 1 nitrogen and oxygen atoms in total. The minimum atomic E-state index is 0.0231. The summed E-state index contributed by atoms with van der Waals surface area (Å²) in [5.41, 5.74) is 0.0231. The number of ether oxygens (including phenoxy) is 1. The highest BCUT2D eigenvalue weighted by molar-refractivity contribution is 6.21. The Morgan fingerprint density at radius 2 is 1.88 bits per heavy atom. The Morgan fingerprint density at radius 1 is 1.75 bits per heavy atom. The largest absolute Gasteiger partial charge is 0.353 e. The zero-order valence-corrected chi connectivity index (χ0v) is 5.98. The van der Waals surface area contributed by atoms with Crippen LogP contribution in [-0.4, -0.2) is 11.7 Å². The van der Waals surface area contributed by atoms with E-state index in [-0.39, 0.29) is 5.56 Å². The topological polar surface area (TPSA) is 12.5 Å². The highest BCUT2D eigenvalue weighted by Crippen LogP contribution is 2.23. The molecule has 0 amide bonds. The van der Waals surface area contributed by atoms with E-state index in [1.54, 1.807) is 6.08 Å². The molecule has 8 heavy (non-hydrogen) atoms. The van der Waals surface area contributed by atoms with Crippen LogP contribution in [0.1, 0.15) is 13.8 Å². The lowest BCUT2D eigenvalue weighted by Gasteiger charge is -1.55. The van der Waals surface area contributed by atoms with Crippen LogP contribution in [0.5, 0.6) is 0 Å². The average molecular weight is 135 g/mol. The minimum Gasteiger partial charge on any atom is -0.353 e. The third-order valence-corrected chi connectivity index (χ3v) is 1.09. The molecule has 0 aromatic carbocycles. The zero-order chi connectivity index (χ0) is 6.57. The van der Waals surface area contributed by atoms with Gasteiger partial charge in [0, 0.05) is 0 Å². The first kappa shape index (κ1) is 7.99. The fourth-order valence-electron chi connectivity index (χ4n) is 0.160. The lowest BCUT2D eigenvalue weighted by molar-refractivity contribution is 0.411. The van der Waals surface area contributed by atoms with Crippen molar-refractivity contribution in [2.24, 2.45) is 0 Å². The smallest absolute Gasteiger partial charge is 0.157 e. The molecule has 1 saturated heterocycles. The maximum atomic E-state index is 5.31. The van der Waals surface area contributed by atoms with Crippen LogP contribution >= 0.6 is 11.6 Å². The molecule has 0 aromatic rings. The second-order valence-corrected chi connectivity index (χ2v) is 2.03. The van der Waals surface area contributed by atoms with E-state index in [9.17, 15) is 0 Å². The molecule has 1 aliphatic rings. The normalized spacial score (nSPS) is 32.4. The Morgan fingerprint density at radius 3 is 1.88 bits per heavy atom. The first-order valence-electron chi connectivity index (χ1n) is 2.59. The van der Waals surface area contributed by atoms with Crippen molar-refractivity contribution in [1.82, 2.24) is 0 Å². The van der Waals surface area contributed by atoms with E-state index in [0.29, 0.717) is 6.10 Å². The summed E-state index contributed by atoms with van der Waals surface area (Å²) >= 11 is 5.31. The fourth-order valence-corrected chi connectivity index (χ4v) is 0.322. The van der Waals surface area contributed by atoms with Crippen LogP contribution in [0.15, 0.2) is 12.7 Å². The summed E-state index contributed by atoms with van der Waals surface area (Å²) in [6.07, 6.45) is 2.07. The van der Waals surface area contributed by atoms with Crippen LogP contribution in [0.25, 0.3) is 0 Å². The average Bonchev–Trinajstić information content (AvgIpc) is 2.22. The molecule has 0 saturated carbocycles. The molecule has 1 fully saturated rings. The van der Waals surface area contributed by atoms with Gasteiger partial charge in [0.05, 0.1) is 6.10 Å². The van der Waals surface area contributed by atoms with E-state index in [1.807, 2.05) is 13.8 Å². The highest BCUT2D eigenvalue weighted by Gasteiger charge is 2.30. The van der Waals surface area contributed by atoms with Crippen molar-refractivity contribution in [1.29, 1.82) is 0 Å². The Bertz CT molecular complexity index is 66.9. The molecule has 0 spiro atoms. The van der Waals surface area contributed by atoms with Gasteiger partial charge in [0.25, 0.3) is 0 Å². The van der Waals surface area contributed by atoms with Crippen LogP contribution in [-0.2, 0) is 4.74 Å². The predicted octanol–water partition coefficient (Wildman–Crippen LogP) is 2.16. The quantitative estimate of drug-likeness (QED) is 0.281. The molecule has 0 N–H and O–H groups in total. The Labute approximate surface area is 55.3 Å². The summed E-state index contributed by atoms with van der Waals surface area (Å²) in [6, 6.07) is 0. The summed E-state index contributed by atoms with van der Waals surface area (Å²) in [7, 11) is 0. The number of hydrogen-bond acceptors (Lipinski definition) is 1. The second kappa shape index (κ2) is 3.93. The van der Waals surface area contributed by atoms with Gasteiger partial charge >= 0.3 is 0 Å². The molecule has 2 unspecified atom stereocenters. The highest BCUT2D eigenvalue weighted by atomic mass is 35.5. The van der Waals surface area contributed by atoms with Gasteiger partial charge in [-0.1, -0.05) is 17.7 Å². The molecular weight excluding hydrogens is 124 g/mol. The summed E-state index contributed by atoms with van der Waals surface area (Å²) in [6.45, 7) is 7.19. The van der Waals surface area contributed by atoms with E-state index in [1.165, 1.54) is 0 Å². The first-order chi connectivity index (χ1) is 3.72. The number of rotatable bonds is 0. The summed E-state index contributed by atoms with van der Waals surface area (Å²) < 4.78 is 4.68. The molecule has 0 bridgehead atoms. The number of alkyl halides is 1. The van der Waals surface area contributed by atoms with Crippen molar-refractivity contribution in [2.45, 2.75) is 25.5 Å². The van der Waals surface area contributed by atoms with Crippen molar-refractivity contribution in [3.8, 4) is 0 Å². The molecule has 48 valence electrons. The molecule has 0 radical (unpaired) electrons. The maximum Gasteiger partial charge on any atom is 0.157 e. The molecule has 2 atom stereocenters. The fraction of sp³-hybridized carbons (Fsp3) is 0.667. The number of hydrogen-bond donors (Lipinski definition) is 0. The third kappa shape index (κ3) is 4.16. The number of epoxide rings is 1. The van der Waals surface area contributed by atoms with Crippen molar-refractivity contribution >= 4 is 11.6 Å². The van der Waals surface area contributed by atoms with Gasteiger partial charge in [-0.25, -0.2) is 0 Å². The first-order valence-corrected chi connectivity index (χ1v) is 3.02. The van der Waals surface area contributed by atoms with E-state index >= 15 is 0 Å². The van der Waals surface area contributed by atoms with Gasteiger partial charge in [0.15, 0.2) is 5.56 Å². The van der Waals surface area contributed by atoms with Crippen LogP contribution < -0.4 is 0 Å². The van der Waals surface area contributed by atoms with Gasteiger partial charge in [-0.3, -0.25) is 0 Å². The maximum absolute atomic E-state index is 5.31. The van der Waals surface area contributed by atoms with Crippen molar-refractivity contribution in [2.75, 3.05) is 0 Å². The van der Waals surface area contributed by atoms with Crippen molar-refractivity contribution in [3.63, 3.8) is 0 Å². The number of allylic oxidation sites excluding steroid dienone is 1. The molecule has 1 heterocycles. The van der Waals surface area contributed by atoms with Crippen LogP contribution in [0, 0.1) is 0 Å². The van der Waals surface area contributed by atoms with E-state index in [0.717, 1.165) is 0 Å². The molecule has 1 aliphatic heterocycles. The minimum absolute atomic E-state index is 0.0231. The van der Waals surface area contributed by atoms with Crippen LogP contribution in [0.4, 0.5) is 0 Å². The van der Waals surface area contributed by atoms with Crippen LogP contribution in [0.2, 0.25) is 0 Å². The zero-order valence-electron chi connectivity index (χ0n) is 5.23. The summed E-state index contributed by atoms with van der Waals surface area (Å²) in [4.78, 5) is 0. The second-order valence-electron chi connectivity index (χ2n) is 1.60. The van der Waals surface area contributed by atoms with Crippen molar-refractivity contribution in [3.05, 3.63) is 12.7 Å². The van der Waals surface area contributed by atoms with E-state index < -0.39 is 0 Å². The standard InChI is InChI=1S/C3H5ClO.C3H6/c1-2-3(4)5-2;1-3-2/h2-3H,1H3;3H,1H2,2H3. The summed E-state index contributed by atoms with van der Waals surface area (Å²) in [5, 5.41) is 0. The lowest BCUT2D eigenvalue weighted by Crippen LogP contribution is -1.69. The third-order valence-electron chi connectivity index (χ3n) is 0.637. The van der Waals surface area contributed by atoms with Gasteiger partial charge in [-0.05, 0) is 13.8 Å². The SMILES string of the molecule is C=CC.CC1OC1Cl. The predicted molar refractivity (Wildman–Crippen MR) is 36.1 cm³/mol. The Kier molecular flexibility index (Phi) is 3.92. The van der Waals surface area contributed by atoms with Gasteiger partial charge in [0.1, 0.15) is 0 Å². The lowest BCUT2D eigenvalue weighted by atomic mass is 10.6. The van der Waals surface area contributed by atoms with E-state index in [2.05, 4.69) is 11.3 Å². The number of halogens is 1. The van der Waals surface area contributed by atoms with E-state index in [4.69, 9.17) is 11.6 Å². The van der Waals surface area contributed by atoms with Gasteiger partial charge in [0.2, 0.25) is 0 Å². The van der Waals surface area contributed by atoms with Gasteiger partial charge in [-0.15, -0.1) is 6.58 Å².